The summed E-state index contributed by atoms with van der Waals surface area (Å²) in [6.45, 7) is 3.01. The van der Waals surface area contributed by atoms with Crippen molar-refractivity contribution in [3.63, 3.8) is 0 Å². The number of rotatable bonds is 9. The molecule has 0 bridgehead atoms. The molecule has 0 saturated heterocycles. The van der Waals surface area contributed by atoms with Gasteiger partial charge in [-0.15, -0.1) is 5.06 Å². The molecule has 1 atom stereocenters. The van der Waals surface area contributed by atoms with Crippen LogP contribution in [-0.2, 0) is 43.5 Å². The number of ether oxygens (including phenoxy) is 1. The minimum atomic E-state index is -4.44. The van der Waals surface area contributed by atoms with Crippen molar-refractivity contribution < 1.29 is 37.4 Å². The Balaban J connectivity index is 2.11. The van der Waals surface area contributed by atoms with Crippen molar-refractivity contribution in [2.24, 2.45) is 0 Å². The molecule has 1 unspecified atom stereocenters. The Bertz CT molecular complexity index is 872. The fraction of sp³-hybridized carbons (Fsp3) is 0.333. The van der Waals surface area contributed by atoms with E-state index in [9.17, 15) is 22.8 Å². The van der Waals surface area contributed by atoms with Crippen LogP contribution in [0.1, 0.15) is 37.0 Å². The number of esters is 1. The Kier molecular flexibility index (Phi) is 9.02. The highest BCUT2D eigenvalue weighted by Gasteiger charge is 2.30. The zero-order valence-corrected chi connectivity index (χ0v) is 18.4. The second kappa shape index (κ2) is 11.3. The van der Waals surface area contributed by atoms with E-state index >= 15 is 0 Å². The third-order valence-electron chi connectivity index (χ3n) is 4.08. The fourth-order valence-electron chi connectivity index (χ4n) is 2.55. The molecule has 0 radical (unpaired) electrons. The summed E-state index contributed by atoms with van der Waals surface area (Å²) < 4.78 is 44.1. The highest BCUT2D eigenvalue weighted by Crippen LogP contribution is 2.29. The van der Waals surface area contributed by atoms with Gasteiger partial charge in [-0.3, -0.25) is 9.68 Å². The highest BCUT2D eigenvalue weighted by atomic mass is 79.9. The smallest absolute Gasteiger partial charge is 0.416 e. The molecular weight excluding hydrogens is 483 g/mol. The molecule has 0 aliphatic rings. The van der Waals surface area contributed by atoms with Crippen molar-refractivity contribution >= 4 is 27.9 Å². The monoisotopic (exact) mass is 503 g/mol. The Hall–Kier alpha value is -2.43. The molecule has 0 aliphatic heterocycles. The molecule has 2 rings (SSSR count). The number of hydrogen-bond acceptors (Lipinski definition) is 6. The number of alkyl halides is 3. The van der Waals surface area contributed by atoms with Crippen LogP contribution in [0.25, 0.3) is 0 Å². The molecule has 0 heterocycles. The van der Waals surface area contributed by atoms with Crippen LogP contribution in [0.2, 0.25) is 0 Å². The number of hydrogen-bond donors (Lipinski definition) is 0. The molecule has 0 aromatic heterocycles. The van der Waals surface area contributed by atoms with Gasteiger partial charge in [0.1, 0.15) is 0 Å². The van der Waals surface area contributed by atoms with Crippen LogP contribution < -0.4 is 0 Å². The van der Waals surface area contributed by atoms with E-state index < -0.39 is 29.8 Å². The van der Waals surface area contributed by atoms with Gasteiger partial charge >= 0.3 is 18.1 Å². The Morgan fingerprint density at radius 3 is 1.97 bits per heavy atom. The minimum absolute atomic E-state index is 0.0336. The SMILES string of the molecule is CCC(OC(C)=O)C(=O)OON(Cc1ccc(Br)cc1)Cc1ccc(C(F)(F)F)cc1. The van der Waals surface area contributed by atoms with Crippen LogP contribution >= 0.6 is 15.9 Å². The summed E-state index contributed by atoms with van der Waals surface area (Å²) in [4.78, 5) is 33.2. The van der Waals surface area contributed by atoms with Crippen molar-refractivity contribution in [3.05, 3.63) is 69.7 Å². The Morgan fingerprint density at radius 2 is 1.52 bits per heavy atom. The second-order valence-electron chi connectivity index (χ2n) is 6.60. The summed E-state index contributed by atoms with van der Waals surface area (Å²) in [6, 6.07) is 11.8. The first-order valence-corrected chi connectivity index (χ1v) is 10.1. The predicted octanol–water partition coefficient (Wildman–Crippen LogP) is 5.20. The number of benzene rings is 2. The predicted molar refractivity (Wildman–Crippen MR) is 108 cm³/mol. The first-order chi connectivity index (χ1) is 14.6. The number of halogens is 4. The third-order valence-corrected chi connectivity index (χ3v) is 4.61. The summed E-state index contributed by atoms with van der Waals surface area (Å²) in [5.41, 5.74) is 0.543. The van der Waals surface area contributed by atoms with Crippen molar-refractivity contribution in [2.45, 2.75) is 45.6 Å². The van der Waals surface area contributed by atoms with Crippen molar-refractivity contribution in [1.82, 2.24) is 5.06 Å². The molecule has 31 heavy (non-hydrogen) atoms. The lowest BCUT2D eigenvalue weighted by molar-refractivity contribution is -0.408. The Labute approximate surface area is 185 Å². The van der Waals surface area contributed by atoms with Crippen LogP contribution in [0, 0.1) is 0 Å². The van der Waals surface area contributed by atoms with E-state index in [1.165, 1.54) is 24.1 Å². The Morgan fingerprint density at radius 1 is 1.00 bits per heavy atom. The van der Waals surface area contributed by atoms with Crippen LogP contribution in [0.5, 0.6) is 0 Å². The van der Waals surface area contributed by atoms with E-state index in [1.807, 2.05) is 24.3 Å². The van der Waals surface area contributed by atoms with E-state index in [4.69, 9.17) is 14.6 Å². The molecule has 2 aromatic carbocycles. The van der Waals surface area contributed by atoms with Gasteiger partial charge in [0.25, 0.3) is 0 Å². The molecular formula is C21H21BrF3NO5. The molecule has 0 N–H and O–H groups in total. The number of nitrogens with zero attached hydrogens (tertiary/aromatic N) is 1. The van der Waals surface area contributed by atoms with Gasteiger partial charge in [0, 0.05) is 11.4 Å². The van der Waals surface area contributed by atoms with Gasteiger partial charge in [-0.1, -0.05) is 52.1 Å². The second-order valence-corrected chi connectivity index (χ2v) is 7.52. The summed E-state index contributed by atoms with van der Waals surface area (Å²) >= 11 is 3.33. The summed E-state index contributed by atoms with van der Waals surface area (Å²) in [7, 11) is 0. The zero-order chi connectivity index (χ0) is 23.0. The van der Waals surface area contributed by atoms with E-state index in [1.54, 1.807) is 6.92 Å². The molecule has 0 spiro atoms. The van der Waals surface area contributed by atoms with Gasteiger partial charge in [0.15, 0.2) is 0 Å². The fourth-order valence-corrected chi connectivity index (χ4v) is 2.81. The van der Waals surface area contributed by atoms with Gasteiger partial charge in [-0.2, -0.15) is 13.2 Å². The highest BCUT2D eigenvalue weighted by molar-refractivity contribution is 9.10. The topological polar surface area (TPSA) is 65.1 Å². The van der Waals surface area contributed by atoms with Crippen molar-refractivity contribution in [1.29, 1.82) is 0 Å². The summed E-state index contributed by atoms with van der Waals surface area (Å²) in [5, 5.41) is 1.27. The van der Waals surface area contributed by atoms with Gasteiger partial charge < -0.3 is 4.74 Å². The maximum atomic E-state index is 12.8. The quantitative estimate of drug-likeness (QED) is 0.266. The van der Waals surface area contributed by atoms with Crippen LogP contribution in [-0.4, -0.2) is 23.1 Å². The summed E-state index contributed by atoms with van der Waals surface area (Å²) in [6.07, 6.45) is -5.38. The van der Waals surface area contributed by atoms with Crippen LogP contribution in [0.15, 0.2) is 53.0 Å². The maximum absolute atomic E-state index is 12.8. The van der Waals surface area contributed by atoms with E-state index in [-0.39, 0.29) is 19.5 Å². The standard InChI is InChI=1S/C21H21BrF3NO5/c1-3-19(29-14(2)27)20(28)30-31-26(13-16-6-10-18(22)11-7-16)12-15-4-8-17(9-5-15)21(23,24)25/h4-11,19H,3,12-13H2,1-2H3. The number of carbonyl (C=O) groups excluding carboxylic acids is 2. The minimum Gasteiger partial charge on any atom is -0.450 e. The molecule has 0 aliphatic carbocycles. The lowest BCUT2D eigenvalue weighted by Crippen LogP contribution is -2.31. The molecule has 168 valence electrons. The lowest BCUT2D eigenvalue weighted by Gasteiger charge is -2.21. The van der Waals surface area contributed by atoms with Crippen molar-refractivity contribution in [3.8, 4) is 0 Å². The first kappa shape index (κ1) is 24.8. The van der Waals surface area contributed by atoms with E-state index in [2.05, 4.69) is 15.9 Å². The van der Waals surface area contributed by atoms with Gasteiger partial charge in [0.2, 0.25) is 6.10 Å². The van der Waals surface area contributed by atoms with Crippen LogP contribution in [0.3, 0.4) is 0 Å². The molecule has 2 aromatic rings. The van der Waals surface area contributed by atoms with Gasteiger partial charge in [-0.05, 0) is 41.8 Å². The first-order valence-electron chi connectivity index (χ1n) is 9.29. The zero-order valence-electron chi connectivity index (χ0n) is 16.8. The van der Waals surface area contributed by atoms with Crippen molar-refractivity contribution in [2.75, 3.05) is 0 Å². The maximum Gasteiger partial charge on any atom is 0.416 e. The normalized spacial score (nSPS) is 12.5. The molecule has 0 amide bonds. The van der Waals surface area contributed by atoms with E-state index in [0.717, 1.165) is 22.2 Å². The molecule has 0 fully saturated rings. The van der Waals surface area contributed by atoms with Gasteiger partial charge in [-0.25, -0.2) is 4.79 Å². The molecule has 10 heteroatoms. The summed E-state index contributed by atoms with van der Waals surface area (Å²) in [5.74, 6) is -1.54. The number of hydroxylamine groups is 2. The number of carbonyl (C=O) groups is 2. The average Bonchev–Trinajstić information content (AvgIpc) is 2.71. The lowest BCUT2D eigenvalue weighted by atomic mass is 10.1. The van der Waals surface area contributed by atoms with Crippen LogP contribution in [0.4, 0.5) is 13.2 Å². The molecule has 6 nitrogen and oxygen atoms in total. The largest absolute Gasteiger partial charge is 0.450 e. The molecule has 0 saturated carbocycles. The van der Waals surface area contributed by atoms with E-state index in [0.29, 0.717) is 5.56 Å². The van der Waals surface area contributed by atoms with Gasteiger partial charge in [0.05, 0.1) is 18.7 Å². The average molecular weight is 504 g/mol. The third kappa shape index (κ3) is 8.31.